The number of anilines is 4. The number of hydrogen-bond donors (Lipinski definition) is 9. The van der Waals surface area contributed by atoms with E-state index in [2.05, 4.69) is 28.6 Å². The van der Waals surface area contributed by atoms with Crippen LogP contribution in [0.3, 0.4) is 0 Å². The lowest BCUT2D eigenvalue weighted by Gasteiger charge is -2.42. The Morgan fingerprint density at radius 2 is 1.53 bits per heavy atom. The van der Waals surface area contributed by atoms with Gasteiger partial charge in [-0.2, -0.15) is 13.6 Å². The number of imidazole rings is 1. The molecule has 0 amide bonds. The number of phosphoric ester groups is 2. The molecule has 0 bridgehead atoms. The third-order valence-electron chi connectivity index (χ3n) is 9.37. The Labute approximate surface area is 332 Å². The van der Waals surface area contributed by atoms with E-state index in [1.54, 1.807) is 16.8 Å². The average molecular weight is 893 g/mol. The minimum Gasteiger partial charge on any atom is -0.387 e. The second-order valence-corrected chi connectivity index (χ2v) is 18.4. The molecular formula is C29H41N11O16P3+. The molecule has 3 aromatic heterocycles. The van der Waals surface area contributed by atoms with Crippen LogP contribution in [-0.4, -0.2) is 125 Å². The van der Waals surface area contributed by atoms with Crippen LogP contribution in [0.4, 0.5) is 23.4 Å². The highest BCUT2D eigenvalue weighted by atomic mass is 31.3. The molecule has 9 atom stereocenters. The molecule has 1 aromatic carbocycles. The van der Waals surface area contributed by atoms with Crippen molar-refractivity contribution in [2.45, 2.75) is 43.4 Å². The fourth-order valence-electron chi connectivity index (χ4n) is 6.96. The predicted octanol–water partition coefficient (Wildman–Crippen LogP) is -2.08. The van der Waals surface area contributed by atoms with Gasteiger partial charge in [0.2, 0.25) is 17.7 Å². The lowest BCUT2D eigenvalue weighted by atomic mass is 10.1. The summed E-state index contributed by atoms with van der Waals surface area (Å²) in [4.78, 5) is 74.3. The van der Waals surface area contributed by atoms with Gasteiger partial charge < -0.3 is 55.6 Å². The van der Waals surface area contributed by atoms with Crippen LogP contribution in [-0.2, 0) is 54.4 Å². The molecule has 0 aliphatic carbocycles. The standard InChI is InChI=1S/C29H40N11O16P3/c1-36-13-39(23-19(36)25(43)34-28(30)32-23)18-10-38(8-15-6-4-3-5-7-15)9-16(53-18)11-51-57(45,46)55-59(49,50)56-58(47,48)52-12-17-21(41)22(42)27(54-17)40-14-37(2)20-24(40)33-29(31)35-26(20)44/h3-7,14,16-18,21-22,27,41-42H,8-13H2,1-2H3,(H8-,30,31,32,33,34,35,43,44,45,46,47,48,49,50)/p+1/t16-,17+,18+,21+,22+,27+/m0/s1. The molecule has 7 rings (SSSR count). The van der Waals surface area contributed by atoms with Gasteiger partial charge in [-0.3, -0.25) is 38.1 Å². The largest absolute Gasteiger partial charge is 0.490 e. The summed E-state index contributed by atoms with van der Waals surface area (Å²) in [6.45, 7) is -0.806. The summed E-state index contributed by atoms with van der Waals surface area (Å²) in [5.74, 6) is -0.154. The van der Waals surface area contributed by atoms with Crippen molar-refractivity contribution < 1.29 is 70.3 Å². The molecular weight excluding hydrogens is 851 g/mol. The number of morpholine rings is 1. The van der Waals surface area contributed by atoms with Gasteiger partial charge in [0.05, 0.1) is 33.0 Å². The first kappa shape index (κ1) is 43.0. The van der Waals surface area contributed by atoms with Gasteiger partial charge in [0.15, 0.2) is 12.1 Å². The number of nitrogen functional groups attached to an aromatic ring is 2. The number of aromatic nitrogens is 6. The predicted molar refractivity (Wildman–Crippen MR) is 201 cm³/mol. The van der Waals surface area contributed by atoms with Crippen LogP contribution in [0.2, 0.25) is 0 Å². The minimum absolute atomic E-state index is 0.0328. The molecule has 3 unspecified atom stereocenters. The number of hydrogen-bond acceptors (Lipinski definition) is 20. The van der Waals surface area contributed by atoms with E-state index in [9.17, 15) is 48.2 Å². The average Bonchev–Trinajstić information content (AvgIpc) is 3.75. The lowest BCUT2D eigenvalue weighted by molar-refractivity contribution is -0.745. The molecule has 0 radical (unpaired) electrons. The number of nitrogens with one attached hydrogen (secondary N) is 2. The number of aliphatic hydroxyl groups excluding tert-OH is 2. The van der Waals surface area contributed by atoms with E-state index in [0.29, 0.717) is 6.54 Å². The van der Waals surface area contributed by atoms with Crippen molar-refractivity contribution in [3.05, 3.63) is 62.9 Å². The molecule has 4 aromatic rings. The molecule has 27 nitrogen and oxygen atoms in total. The van der Waals surface area contributed by atoms with Crippen molar-refractivity contribution in [1.29, 1.82) is 0 Å². The Balaban J connectivity index is 0.975. The van der Waals surface area contributed by atoms with Crippen LogP contribution < -0.4 is 37.0 Å². The number of aryl methyl sites for hydroxylation is 1. The van der Waals surface area contributed by atoms with Crippen molar-refractivity contribution >= 4 is 58.0 Å². The maximum absolute atomic E-state index is 12.9. The number of H-pyrrole nitrogens is 2. The van der Waals surface area contributed by atoms with E-state index in [1.165, 1.54) is 22.5 Å². The van der Waals surface area contributed by atoms with E-state index in [4.69, 9.17) is 30.0 Å². The van der Waals surface area contributed by atoms with E-state index in [0.717, 1.165) is 5.56 Å². The summed E-state index contributed by atoms with van der Waals surface area (Å²) in [5, 5.41) is 21.3. The molecule has 3 aliphatic heterocycles. The fraction of sp³-hybridized carbons (Fsp3) is 0.483. The molecule has 6 heterocycles. The van der Waals surface area contributed by atoms with Gasteiger partial charge >= 0.3 is 29.1 Å². The Hall–Kier alpha value is -4.14. The van der Waals surface area contributed by atoms with Crippen LogP contribution in [0, 0.1) is 0 Å². The third-order valence-corrected chi connectivity index (χ3v) is 13.6. The molecule has 322 valence electrons. The SMILES string of the molecule is CN1CN([C@H]2CN(Cc3ccccc3)C[C@@H](COP(=O)(O)OP(=O)(O)OP(=O)(O)OC[C@H]3O[C@@H]([n+]4cn(C)c5c(=O)[nH]c(N)nc54)[C@H](O)[C@@H]3O)O2)c2nc(N)[nH]c(=O)c21. The molecule has 2 fully saturated rings. The van der Waals surface area contributed by atoms with Crippen molar-refractivity contribution in [1.82, 2.24) is 29.4 Å². The summed E-state index contributed by atoms with van der Waals surface area (Å²) in [6, 6.07) is 9.33. The minimum atomic E-state index is -5.93. The highest BCUT2D eigenvalue weighted by molar-refractivity contribution is 7.66. The number of benzene rings is 1. The molecule has 11 N–H and O–H groups in total. The number of aliphatic hydroxyl groups is 2. The van der Waals surface area contributed by atoms with Crippen LogP contribution in [0.25, 0.3) is 11.2 Å². The second-order valence-electron chi connectivity index (χ2n) is 13.8. The van der Waals surface area contributed by atoms with E-state index < -0.39 is 84.7 Å². The Kier molecular flexibility index (Phi) is 11.9. The van der Waals surface area contributed by atoms with E-state index >= 15 is 0 Å². The van der Waals surface area contributed by atoms with E-state index in [-0.39, 0.29) is 54.3 Å². The Bertz CT molecular complexity index is 2470. The molecule has 0 spiro atoms. The zero-order chi connectivity index (χ0) is 42.6. The molecule has 3 aliphatic rings. The van der Waals surface area contributed by atoms with Gasteiger partial charge in [-0.05, 0) is 5.56 Å². The summed E-state index contributed by atoms with van der Waals surface area (Å²) in [7, 11) is -14.0. The van der Waals surface area contributed by atoms with Gasteiger partial charge in [0, 0.05) is 26.7 Å². The zero-order valence-corrected chi connectivity index (χ0v) is 33.7. The quantitative estimate of drug-likeness (QED) is 0.0485. The number of nitrogens with two attached hydrogens (primary N) is 2. The first-order chi connectivity index (χ1) is 27.7. The normalized spacial score (nSPS) is 26.8. The number of nitrogens with zero attached hydrogens (tertiary/aromatic N) is 7. The number of fused-ring (bicyclic) bond motifs is 2. The summed E-state index contributed by atoms with van der Waals surface area (Å²) in [5.41, 5.74) is 11.5. The molecule has 59 heavy (non-hydrogen) atoms. The van der Waals surface area contributed by atoms with Gasteiger partial charge in [-0.25, -0.2) is 18.3 Å². The van der Waals surface area contributed by atoms with Crippen molar-refractivity contribution in [2.24, 2.45) is 7.05 Å². The highest BCUT2D eigenvalue weighted by Crippen LogP contribution is 2.67. The van der Waals surface area contributed by atoms with Crippen molar-refractivity contribution in [3.8, 4) is 0 Å². The molecule has 0 saturated carbocycles. The monoisotopic (exact) mass is 892 g/mol. The first-order valence-electron chi connectivity index (χ1n) is 17.5. The highest BCUT2D eigenvalue weighted by Gasteiger charge is 2.49. The van der Waals surface area contributed by atoms with Gasteiger partial charge in [0.1, 0.15) is 30.2 Å². The van der Waals surface area contributed by atoms with Gasteiger partial charge in [0.25, 0.3) is 17.1 Å². The second kappa shape index (κ2) is 16.4. The van der Waals surface area contributed by atoms with Crippen molar-refractivity contribution in [2.75, 3.05) is 61.3 Å². The Morgan fingerprint density at radius 1 is 0.881 bits per heavy atom. The van der Waals surface area contributed by atoms with Crippen LogP contribution in [0.15, 0.2) is 46.2 Å². The van der Waals surface area contributed by atoms with Gasteiger partial charge in [-0.15, -0.1) is 0 Å². The fourth-order valence-corrected chi connectivity index (χ4v) is 10.5. The zero-order valence-electron chi connectivity index (χ0n) is 31.0. The van der Waals surface area contributed by atoms with Gasteiger partial charge in [-0.1, -0.05) is 35.3 Å². The summed E-state index contributed by atoms with van der Waals surface area (Å²) < 4.78 is 70.9. The first-order valence-corrected chi connectivity index (χ1v) is 21.9. The van der Waals surface area contributed by atoms with E-state index in [1.807, 2.05) is 35.2 Å². The summed E-state index contributed by atoms with van der Waals surface area (Å²) >= 11 is 0. The third kappa shape index (κ3) is 9.44. The maximum atomic E-state index is 12.9. The number of phosphoric acid groups is 3. The molecule has 30 heteroatoms. The number of ether oxygens (including phenoxy) is 2. The maximum Gasteiger partial charge on any atom is 0.490 e. The van der Waals surface area contributed by atoms with Crippen LogP contribution in [0.1, 0.15) is 11.8 Å². The molecule has 2 saturated heterocycles. The van der Waals surface area contributed by atoms with Crippen LogP contribution >= 0.6 is 23.5 Å². The Morgan fingerprint density at radius 3 is 2.22 bits per heavy atom. The number of rotatable bonds is 14. The smallest absolute Gasteiger partial charge is 0.387 e. The summed E-state index contributed by atoms with van der Waals surface area (Å²) in [6.07, 6.45) is -7.00. The van der Waals surface area contributed by atoms with Crippen LogP contribution in [0.5, 0.6) is 0 Å². The van der Waals surface area contributed by atoms with Crippen molar-refractivity contribution in [3.63, 3.8) is 0 Å². The topological polar surface area (TPSA) is 370 Å². The lowest BCUT2D eigenvalue weighted by Crippen LogP contribution is -2.55. The number of aromatic amines is 2.